The van der Waals surface area contributed by atoms with Gasteiger partial charge in [-0.2, -0.15) is 4.98 Å². The molecule has 1 saturated heterocycles. The maximum absolute atomic E-state index is 10.6. The number of aliphatic carboxylic acids is 1. The standard InChI is InChI=1S/C25H29N3O5/c1-17-6-3-4-11-28(17)22-10-9-20(13-21(22)15-31-2)25-26-24(27-33-25)19-8-5-7-18(12-19)14-32-16-23(29)30/h5,7-10,12-13,17H,3-4,6,11,14-16H2,1-2H3,(H,29,30). The van der Waals surface area contributed by atoms with Gasteiger partial charge >= 0.3 is 5.97 Å². The topological polar surface area (TPSA) is 97.9 Å². The van der Waals surface area contributed by atoms with E-state index in [1.54, 1.807) is 7.11 Å². The van der Waals surface area contributed by atoms with Crippen LogP contribution in [0.25, 0.3) is 22.8 Å². The van der Waals surface area contributed by atoms with E-state index < -0.39 is 5.97 Å². The lowest BCUT2D eigenvalue weighted by Gasteiger charge is -2.36. The molecule has 0 spiro atoms. The van der Waals surface area contributed by atoms with Crippen LogP contribution in [0.4, 0.5) is 5.69 Å². The number of anilines is 1. The number of ether oxygens (including phenoxy) is 2. The minimum absolute atomic E-state index is 0.196. The van der Waals surface area contributed by atoms with Crippen LogP contribution in [0, 0.1) is 0 Å². The molecule has 0 aliphatic carbocycles. The monoisotopic (exact) mass is 451 g/mol. The van der Waals surface area contributed by atoms with E-state index in [4.69, 9.17) is 19.1 Å². The van der Waals surface area contributed by atoms with Crippen molar-refractivity contribution < 1.29 is 23.9 Å². The Morgan fingerprint density at radius 3 is 2.85 bits per heavy atom. The van der Waals surface area contributed by atoms with Crippen molar-refractivity contribution in [1.82, 2.24) is 10.1 Å². The first-order chi connectivity index (χ1) is 16.0. The Bertz CT molecular complexity index is 1100. The van der Waals surface area contributed by atoms with Gasteiger partial charge in [-0.1, -0.05) is 23.4 Å². The second-order valence-electron chi connectivity index (χ2n) is 8.32. The second kappa shape index (κ2) is 10.6. The van der Waals surface area contributed by atoms with E-state index in [1.165, 1.54) is 24.9 Å². The van der Waals surface area contributed by atoms with Crippen LogP contribution >= 0.6 is 0 Å². The fourth-order valence-corrected chi connectivity index (χ4v) is 4.24. The first-order valence-corrected chi connectivity index (χ1v) is 11.2. The van der Waals surface area contributed by atoms with Gasteiger partial charge in [0.15, 0.2) is 0 Å². The summed E-state index contributed by atoms with van der Waals surface area (Å²) < 4.78 is 16.2. The molecule has 2 heterocycles. The number of hydrogen-bond donors (Lipinski definition) is 1. The van der Waals surface area contributed by atoms with Crippen LogP contribution in [0.3, 0.4) is 0 Å². The molecule has 1 fully saturated rings. The molecule has 1 aromatic heterocycles. The molecule has 0 radical (unpaired) electrons. The van der Waals surface area contributed by atoms with Crippen LogP contribution in [0.2, 0.25) is 0 Å². The van der Waals surface area contributed by atoms with E-state index in [0.717, 1.165) is 28.8 Å². The highest BCUT2D eigenvalue weighted by Crippen LogP contribution is 2.32. The van der Waals surface area contributed by atoms with Crippen molar-refractivity contribution in [3.63, 3.8) is 0 Å². The normalized spacial score (nSPS) is 16.2. The van der Waals surface area contributed by atoms with Crippen LogP contribution < -0.4 is 4.90 Å². The van der Waals surface area contributed by atoms with Crippen LogP contribution in [-0.4, -0.2) is 47.5 Å². The van der Waals surface area contributed by atoms with Crippen LogP contribution in [0.5, 0.6) is 0 Å². The van der Waals surface area contributed by atoms with Crippen molar-refractivity contribution in [2.45, 2.75) is 45.4 Å². The van der Waals surface area contributed by atoms with Gasteiger partial charge in [-0.25, -0.2) is 4.79 Å². The summed E-state index contributed by atoms with van der Waals surface area (Å²) in [6.45, 7) is 3.68. The molecule has 33 heavy (non-hydrogen) atoms. The molecular formula is C25H29N3O5. The highest BCUT2D eigenvalue weighted by molar-refractivity contribution is 5.68. The molecule has 8 heteroatoms. The predicted octanol–water partition coefficient (Wildman–Crippen LogP) is 4.53. The number of methoxy groups -OCH3 is 1. The Balaban J connectivity index is 1.56. The Kier molecular flexibility index (Phi) is 7.36. The largest absolute Gasteiger partial charge is 0.480 e. The summed E-state index contributed by atoms with van der Waals surface area (Å²) in [5.41, 5.74) is 4.75. The van der Waals surface area contributed by atoms with E-state index in [0.29, 0.717) is 24.4 Å². The summed E-state index contributed by atoms with van der Waals surface area (Å²) in [5.74, 6) is -0.0946. The highest BCUT2D eigenvalue weighted by Gasteiger charge is 2.22. The summed E-state index contributed by atoms with van der Waals surface area (Å²) in [4.78, 5) is 17.7. The maximum Gasteiger partial charge on any atom is 0.329 e. The Morgan fingerprint density at radius 1 is 1.18 bits per heavy atom. The Morgan fingerprint density at radius 2 is 2.06 bits per heavy atom. The number of benzene rings is 2. The van der Waals surface area contributed by atoms with Crippen molar-refractivity contribution in [2.24, 2.45) is 0 Å². The average molecular weight is 452 g/mol. The molecule has 0 bridgehead atoms. The summed E-state index contributed by atoms with van der Waals surface area (Å²) in [6.07, 6.45) is 3.67. The summed E-state index contributed by atoms with van der Waals surface area (Å²) >= 11 is 0. The predicted molar refractivity (Wildman–Crippen MR) is 124 cm³/mol. The number of carboxylic acids is 1. The number of hydrogen-bond acceptors (Lipinski definition) is 7. The first-order valence-electron chi connectivity index (χ1n) is 11.2. The van der Waals surface area contributed by atoms with Crippen molar-refractivity contribution in [3.05, 3.63) is 53.6 Å². The smallest absolute Gasteiger partial charge is 0.329 e. The van der Waals surface area contributed by atoms with E-state index in [1.807, 2.05) is 30.3 Å². The third-order valence-electron chi connectivity index (χ3n) is 5.84. The second-order valence-corrected chi connectivity index (χ2v) is 8.32. The molecule has 1 aliphatic heterocycles. The Hall–Kier alpha value is -3.23. The molecule has 2 aromatic carbocycles. The fraction of sp³-hybridized carbons (Fsp3) is 0.400. The first kappa shape index (κ1) is 22.9. The minimum atomic E-state index is -0.998. The van der Waals surface area contributed by atoms with E-state index in [9.17, 15) is 4.79 Å². The van der Waals surface area contributed by atoms with Gasteiger partial charge in [0.1, 0.15) is 6.61 Å². The number of carbonyl (C=O) groups is 1. The van der Waals surface area contributed by atoms with Gasteiger partial charge < -0.3 is 24.0 Å². The maximum atomic E-state index is 10.6. The van der Waals surface area contributed by atoms with Gasteiger partial charge in [0.25, 0.3) is 5.89 Å². The third kappa shape index (κ3) is 5.58. The number of aromatic nitrogens is 2. The van der Waals surface area contributed by atoms with Crippen molar-refractivity contribution in [1.29, 1.82) is 0 Å². The lowest BCUT2D eigenvalue weighted by atomic mass is 10.00. The van der Waals surface area contributed by atoms with Gasteiger partial charge in [-0.3, -0.25) is 0 Å². The molecule has 1 aliphatic rings. The van der Waals surface area contributed by atoms with Gasteiger partial charge in [0.2, 0.25) is 5.82 Å². The molecule has 1 N–H and O–H groups in total. The highest BCUT2D eigenvalue weighted by atomic mass is 16.5. The lowest BCUT2D eigenvalue weighted by molar-refractivity contribution is -0.142. The number of rotatable bonds is 9. The molecule has 8 nitrogen and oxygen atoms in total. The van der Waals surface area contributed by atoms with E-state index in [2.05, 4.69) is 34.1 Å². The van der Waals surface area contributed by atoms with Gasteiger partial charge in [0.05, 0.1) is 13.2 Å². The van der Waals surface area contributed by atoms with Crippen LogP contribution in [-0.2, 0) is 27.5 Å². The molecule has 174 valence electrons. The Labute approximate surface area is 193 Å². The molecular weight excluding hydrogens is 422 g/mol. The molecule has 3 aromatic rings. The quantitative estimate of drug-likeness (QED) is 0.507. The third-order valence-corrected chi connectivity index (χ3v) is 5.84. The number of nitrogens with zero attached hydrogens (tertiary/aromatic N) is 3. The fourth-order valence-electron chi connectivity index (χ4n) is 4.24. The van der Waals surface area contributed by atoms with Crippen molar-refractivity contribution in [3.8, 4) is 22.8 Å². The number of carboxylic acid groups (broad SMARTS) is 1. The summed E-state index contributed by atoms with van der Waals surface area (Å²) in [5, 5.41) is 12.9. The molecule has 1 unspecified atom stereocenters. The van der Waals surface area contributed by atoms with Crippen LogP contribution in [0.15, 0.2) is 47.0 Å². The summed E-state index contributed by atoms with van der Waals surface area (Å²) in [6, 6.07) is 14.2. The summed E-state index contributed by atoms with van der Waals surface area (Å²) in [7, 11) is 1.70. The number of piperidine rings is 1. The SMILES string of the molecule is COCc1cc(-c2nc(-c3cccc(COCC(=O)O)c3)no2)ccc1N1CCCCC1C. The van der Waals surface area contributed by atoms with E-state index >= 15 is 0 Å². The van der Waals surface area contributed by atoms with Crippen LogP contribution in [0.1, 0.15) is 37.3 Å². The van der Waals surface area contributed by atoms with E-state index in [-0.39, 0.29) is 13.2 Å². The average Bonchev–Trinajstić information content (AvgIpc) is 3.30. The molecule has 4 rings (SSSR count). The van der Waals surface area contributed by atoms with Crippen molar-refractivity contribution >= 4 is 11.7 Å². The van der Waals surface area contributed by atoms with Gasteiger partial charge in [-0.05, 0) is 56.0 Å². The molecule has 0 amide bonds. The van der Waals surface area contributed by atoms with Gasteiger partial charge in [0, 0.05) is 42.1 Å². The molecule has 0 saturated carbocycles. The van der Waals surface area contributed by atoms with Gasteiger partial charge in [-0.15, -0.1) is 0 Å². The zero-order valence-corrected chi connectivity index (χ0v) is 19.0. The van der Waals surface area contributed by atoms with Crippen molar-refractivity contribution in [2.75, 3.05) is 25.2 Å². The minimum Gasteiger partial charge on any atom is -0.480 e. The lowest BCUT2D eigenvalue weighted by Crippen LogP contribution is -2.38. The zero-order valence-electron chi connectivity index (χ0n) is 19.0. The molecule has 1 atom stereocenters. The zero-order chi connectivity index (χ0) is 23.2.